The van der Waals surface area contributed by atoms with Gasteiger partial charge >= 0.3 is 6.03 Å². The monoisotopic (exact) mass is 315 g/mol. The Hall–Kier alpha value is -2.74. The van der Waals surface area contributed by atoms with E-state index in [9.17, 15) is 9.59 Å². The number of amides is 2. The molecule has 1 aromatic carbocycles. The van der Waals surface area contributed by atoms with E-state index in [0.29, 0.717) is 16.6 Å². The second kappa shape index (κ2) is 5.94. The normalized spacial score (nSPS) is 12.0. The molecule has 0 aliphatic heterocycles. The van der Waals surface area contributed by atoms with E-state index in [2.05, 4.69) is 25.6 Å². The number of hydrogen-bond acceptors (Lipinski definition) is 5. The summed E-state index contributed by atoms with van der Waals surface area (Å²) < 4.78 is 0. The molecule has 3 N–H and O–H groups in total. The highest BCUT2D eigenvalue weighted by atomic mass is 32.1. The van der Waals surface area contributed by atoms with Crippen LogP contribution in [0.15, 0.2) is 40.9 Å². The third kappa shape index (κ3) is 2.96. The van der Waals surface area contributed by atoms with Crippen LogP contribution in [0.1, 0.15) is 18.0 Å². The van der Waals surface area contributed by atoms with Crippen molar-refractivity contribution in [1.82, 2.24) is 20.3 Å². The first-order valence-electron chi connectivity index (χ1n) is 6.58. The number of nitrogens with zero attached hydrogens (tertiary/aromatic N) is 2. The van der Waals surface area contributed by atoms with Crippen molar-refractivity contribution < 1.29 is 4.79 Å². The molecule has 2 aromatic heterocycles. The van der Waals surface area contributed by atoms with Gasteiger partial charge in [-0.05, 0) is 25.1 Å². The third-order valence-corrected chi connectivity index (χ3v) is 4.03. The molecule has 0 aliphatic rings. The van der Waals surface area contributed by atoms with Crippen molar-refractivity contribution in [2.75, 3.05) is 5.32 Å². The van der Waals surface area contributed by atoms with E-state index in [0.717, 1.165) is 5.01 Å². The second-order valence-corrected chi connectivity index (χ2v) is 5.58. The number of thiazole rings is 1. The fraction of sp³-hybridized carbons (Fsp3) is 0.143. The van der Waals surface area contributed by atoms with Crippen LogP contribution in [0, 0.1) is 0 Å². The largest absolute Gasteiger partial charge is 0.329 e. The Morgan fingerprint density at radius 3 is 3.00 bits per heavy atom. The molecule has 0 saturated carbocycles. The maximum Gasteiger partial charge on any atom is 0.319 e. The summed E-state index contributed by atoms with van der Waals surface area (Å²) in [4.78, 5) is 34.4. The van der Waals surface area contributed by atoms with Crippen LogP contribution in [0.25, 0.3) is 10.9 Å². The van der Waals surface area contributed by atoms with Crippen molar-refractivity contribution in [2.24, 2.45) is 0 Å². The van der Waals surface area contributed by atoms with Gasteiger partial charge in [0.2, 0.25) is 0 Å². The van der Waals surface area contributed by atoms with Crippen LogP contribution in [0.3, 0.4) is 0 Å². The molecule has 2 amide bonds. The zero-order valence-electron chi connectivity index (χ0n) is 11.7. The molecular weight excluding hydrogens is 302 g/mol. The van der Waals surface area contributed by atoms with Crippen molar-refractivity contribution >= 4 is 34.0 Å². The first-order valence-corrected chi connectivity index (χ1v) is 7.46. The molecule has 0 bridgehead atoms. The number of hydrogen-bond donors (Lipinski definition) is 3. The van der Waals surface area contributed by atoms with E-state index in [1.54, 1.807) is 24.4 Å². The van der Waals surface area contributed by atoms with Crippen molar-refractivity contribution in [3.05, 3.63) is 51.5 Å². The highest BCUT2D eigenvalue weighted by Gasteiger charge is 2.12. The number of anilines is 1. The summed E-state index contributed by atoms with van der Waals surface area (Å²) in [6.45, 7) is 1.85. The standard InChI is InChI=1S/C14H13N5O2S/c1-8(13-15-4-5-22-13)18-14(21)19-9-2-3-11-10(6-9)12(20)17-7-16-11/h2-8H,1H3,(H,16,17,20)(H2,18,19,21). The molecular formula is C14H13N5O2S. The van der Waals surface area contributed by atoms with Gasteiger partial charge in [0.1, 0.15) is 5.01 Å². The molecule has 0 radical (unpaired) electrons. The summed E-state index contributed by atoms with van der Waals surface area (Å²) >= 11 is 1.48. The smallest absolute Gasteiger partial charge is 0.319 e. The van der Waals surface area contributed by atoms with Crippen LogP contribution < -0.4 is 16.2 Å². The first kappa shape index (κ1) is 14.2. The molecule has 2 heterocycles. The van der Waals surface area contributed by atoms with Gasteiger partial charge < -0.3 is 15.6 Å². The Balaban J connectivity index is 1.74. The Morgan fingerprint density at radius 2 is 2.23 bits per heavy atom. The average molecular weight is 315 g/mol. The van der Waals surface area contributed by atoms with Crippen LogP contribution in [0.4, 0.5) is 10.5 Å². The Labute approximate surface area is 129 Å². The van der Waals surface area contributed by atoms with Crippen LogP contribution in [0.2, 0.25) is 0 Å². The van der Waals surface area contributed by atoms with Crippen LogP contribution >= 0.6 is 11.3 Å². The van der Waals surface area contributed by atoms with E-state index in [4.69, 9.17) is 0 Å². The topological polar surface area (TPSA) is 99.8 Å². The number of carbonyl (C=O) groups excluding carboxylic acids is 1. The summed E-state index contributed by atoms with van der Waals surface area (Å²) in [5.74, 6) is 0. The van der Waals surface area contributed by atoms with E-state index in [-0.39, 0.29) is 17.6 Å². The van der Waals surface area contributed by atoms with Gasteiger partial charge in [-0.15, -0.1) is 11.3 Å². The maximum atomic E-state index is 12.0. The predicted molar refractivity (Wildman–Crippen MR) is 85.0 cm³/mol. The van der Waals surface area contributed by atoms with E-state index in [1.807, 2.05) is 12.3 Å². The predicted octanol–water partition coefficient (Wildman–Crippen LogP) is 2.26. The number of fused-ring (bicyclic) bond motifs is 1. The minimum atomic E-state index is -0.359. The van der Waals surface area contributed by atoms with Gasteiger partial charge in [-0.1, -0.05) is 0 Å². The van der Waals surface area contributed by atoms with Gasteiger partial charge in [-0.2, -0.15) is 0 Å². The van der Waals surface area contributed by atoms with Gasteiger partial charge in [-0.3, -0.25) is 4.79 Å². The highest BCUT2D eigenvalue weighted by Crippen LogP contribution is 2.16. The van der Waals surface area contributed by atoms with Gasteiger partial charge in [-0.25, -0.2) is 14.8 Å². The molecule has 0 saturated heterocycles. The Morgan fingerprint density at radius 1 is 1.36 bits per heavy atom. The third-order valence-electron chi connectivity index (χ3n) is 3.07. The molecule has 0 fully saturated rings. The molecule has 0 aliphatic carbocycles. The van der Waals surface area contributed by atoms with E-state index in [1.165, 1.54) is 17.7 Å². The summed E-state index contributed by atoms with van der Waals surface area (Å²) in [5.41, 5.74) is 0.853. The van der Waals surface area contributed by atoms with Gasteiger partial charge in [0.05, 0.1) is 23.3 Å². The number of carbonyl (C=O) groups is 1. The molecule has 3 aromatic rings. The maximum absolute atomic E-state index is 12.0. The number of nitrogens with one attached hydrogen (secondary N) is 3. The summed E-state index contributed by atoms with van der Waals surface area (Å²) in [6, 6.07) is 4.43. The van der Waals surface area contributed by atoms with Crippen molar-refractivity contribution in [1.29, 1.82) is 0 Å². The van der Waals surface area contributed by atoms with Crippen LogP contribution in [-0.4, -0.2) is 21.0 Å². The van der Waals surface area contributed by atoms with Crippen molar-refractivity contribution in [3.63, 3.8) is 0 Å². The zero-order chi connectivity index (χ0) is 15.5. The molecule has 7 nitrogen and oxygen atoms in total. The van der Waals surface area contributed by atoms with Crippen LogP contribution in [0.5, 0.6) is 0 Å². The fourth-order valence-corrected chi connectivity index (χ4v) is 2.67. The number of H-pyrrole nitrogens is 1. The van der Waals surface area contributed by atoms with Gasteiger partial charge in [0.15, 0.2) is 0 Å². The molecule has 1 atom stereocenters. The highest BCUT2D eigenvalue weighted by molar-refractivity contribution is 7.09. The molecule has 8 heteroatoms. The Kier molecular flexibility index (Phi) is 3.84. The number of urea groups is 1. The number of aromatic nitrogens is 3. The van der Waals surface area contributed by atoms with Gasteiger partial charge in [0, 0.05) is 17.3 Å². The van der Waals surface area contributed by atoms with E-state index >= 15 is 0 Å². The number of benzene rings is 1. The minimum Gasteiger partial charge on any atom is -0.329 e. The lowest BCUT2D eigenvalue weighted by Crippen LogP contribution is -2.31. The first-order chi connectivity index (χ1) is 10.6. The number of rotatable bonds is 3. The van der Waals surface area contributed by atoms with Gasteiger partial charge in [0.25, 0.3) is 5.56 Å². The lowest BCUT2D eigenvalue weighted by molar-refractivity contribution is 0.249. The Bertz CT molecular complexity index is 859. The lowest BCUT2D eigenvalue weighted by Gasteiger charge is -2.12. The quantitative estimate of drug-likeness (QED) is 0.690. The summed E-state index contributed by atoms with van der Waals surface area (Å²) in [7, 11) is 0. The van der Waals surface area contributed by atoms with E-state index < -0.39 is 0 Å². The average Bonchev–Trinajstić information content (AvgIpc) is 3.02. The number of aromatic amines is 1. The second-order valence-electron chi connectivity index (χ2n) is 4.65. The minimum absolute atomic E-state index is 0.189. The van der Waals surface area contributed by atoms with Crippen molar-refractivity contribution in [3.8, 4) is 0 Å². The lowest BCUT2D eigenvalue weighted by atomic mass is 10.2. The molecule has 0 spiro atoms. The SMILES string of the molecule is CC(NC(=O)Nc1ccc2nc[nH]c(=O)c2c1)c1nccs1. The fourth-order valence-electron chi connectivity index (χ4n) is 2.02. The molecule has 22 heavy (non-hydrogen) atoms. The van der Waals surface area contributed by atoms with Crippen molar-refractivity contribution in [2.45, 2.75) is 13.0 Å². The summed E-state index contributed by atoms with van der Waals surface area (Å²) in [6.07, 6.45) is 3.04. The molecule has 112 valence electrons. The molecule has 3 rings (SSSR count). The van der Waals surface area contributed by atoms with Crippen LogP contribution in [-0.2, 0) is 0 Å². The zero-order valence-corrected chi connectivity index (χ0v) is 12.5. The molecule has 1 unspecified atom stereocenters. The summed E-state index contributed by atoms with van der Waals surface area (Å²) in [5, 5.41) is 8.60.